The quantitative estimate of drug-likeness (QED) is 0.591. The van der Waals surface area contributed by atoms with Crippen molar-refractivity contribution in [1.29, 1.82) is 0 Å². The Hall–Kier alpha value is -0.580. The molecule has 2 nitrogen and oxygen atoms in total. The van der Waals surface area contributed by atoms with Crippen molar-refractivity contribution >= 4 is 11.8 Å². The van der Waals surface area contributed by atoms with Crippen LogP contribution in [0.1, 0.15) is 31.4 Å². The maximum absolute atomic E-state index is 13.2. The molecule has 3 N–H and O–H groups in total. The number of aryl methyl sites for hydroxylation is 1. The van der Waals surface area contributed by atoms with Crippen molar-refractivity contribution in [2.45, 2.75) is 44.9 Å². The van der Waals surface area contributed by atoms with Gasteiger partial charge in [-0.25, -0.2) is 4.39 Å². The molecule has 0 radical (unpaired) electrons. The Balaban J connectivity index is 2.59. The number of benzene rings is 1. The van der Waals surface area contributed by atoms with E-state index < -0.39 is 0 Å². The molecule has 2 atom stereocenters. The van der Waals surface area contributed by atoms with Crippen LogP contribution in [0, 0.1) is 12.7 Å². The Labute approximate surface area is 113 Å². The van der Waals surface area contributed by atoms with Crippen molar-refractivity contribution in [3.8, 4) is 0 Å². The summed E-state index contributed by atoms with van der Waals surface area (Å²) in [5.74, 6) is 6.35. The first-order valence-corrected chi connectivity index (χ1v) is 7.44. The Morgan fingerprint density at radius 3 is 2.78 bits per heavy atom. The summed E-state index contributed by atoms with van der Waals surface area (Å²) >= 11 is 1.90. The normalized spacial score (nSPS) is 14.5. The highest BCUT2D eigenvalue weighted by atomic mass is 32.2. The van der Waals surface area contributed by atoms with Crippen LogP contribution in [0.5, 0.6) is 0 Å². The van der Waals surface area contributed by atoms with Gasteiger partial charge >= 0.3 is 0 Å². The van der Waals surface area contributed by atoms with E-state index in [9.17, 15) is 4.39 Å². The molecule has 1 aromatic rings. The van der Waals surface area contributed by atoms with Crippen molar-refractivity contribution in [3.63, 3.8) is 0 Å². The number of nitrogens with one attached hydrogen (secondary N) is 1. The average Bonchev–Trinajstić information content (AvgIpc) is 2.37. The molecule has 0 fully saturated rings. The fourth-order valence-corrected chi connectivity index (χ4v) is 2.70. The lowest BCUT2D eigenvalue weighted by molar-refractivity contribution is 0.568. The number of hydrogen-bond acceptors (Lipinski definition) is 3. The predicted octanol–water partition coefficient (Wildman–Crippen LogP) is 3.04. The van der Waals surface area contributed by atoms with Crippen LogP contribution in [0.4, 0.5) is 4.39 Å². The number of rotatable bonds is 7. The maximum atomic E-state index is 13.2. The van der Waals surface area contributed by atoms with Gasteiger partial charge < -0.3 is 0 Å². The van der Waals surface area contributed by atoms with Gasteiger partial charge in [0.05, 0.1) is 0 Å². The zero-order valence-corrected chi connectivity index (χ0v) is 12.2. The average molecular weight is 270 g/mol. The lowest BCUT2D eigenvalue weighted by Gasteiger charge is -2.18. The minimum absolute atomic E-state index is 0.180. The third kappa shape index (κ3) is 4.96. The first kappa shape index (κ1) is 15.5. The van der Waals surface area contributed by atoms with Gasteiger partial charge in [0, 0.05) is 17.0 Å². The van der Waals surface area contributed by atoms with Crippen LogP contribution in [0.3, 0.4) is 0 Å². The van der Waals surface area contributed by atoms with Gasteiger partial charge in [-0.05, 0) is 43.0 Å². The molecule has 0 amide bonds. The monoisotopic (exact) mass is 270 g/mol. The van der Waals surface area contributed by atoms with Crippen molar-refractivity contribution in [3.05, 3.63) is 35.1 Å². The van der Waals surface area contributed by atoms with Crippen LogP contribution in [-0.4, -0.2) is 17.0 Å². The molecule has 0 bridgehead atoms. The molecule has 0 aromatic heterocycles. The summed E-state index contributed by atoms with van der Waals surface area (Å²) in [4.78, 5) is 0. The number of halogens is 1. The van der Waals surface area contributed by atoms with E-state index in [-0.39, 0.29) is 11.9 Å². The van der Waals surface area contributed by atoms with Crippen molar-refractivity contribution in [2.75, 3.05) is 5.75 Å². The van der Waals surface area contributed by atoms with Crippen LogP contribution in [0.2, 0.25) is 0 Å². The molecule has 1 aromatic carbocycles. The lowest BCUT2D eigenvalue weighted by Crippen LogP contribution is -2.39. The van der Waals surface area contributed by atoms with Gasteiger partial charge in [0.15, 0.2) is 0 Å². The van der Waals surface area contributed by atoms with Crippen LogP contribution < -0.4 is 11.3 Å². The van der Waals surface area contributed by atoms with Crippen LogP contribution in [-0.2, 0) is 6.42 Å². The molecule has 0 aliphatic heterocycles. The van der Waals surface area contributed by atoms with Crippen molar-refractivity contribution in [1.82, 2.24) is 5.43 Å². The van der Waals surface area contributed by atoms with Gasteiger partial charge in [-0.1, -0.05) is 19.9 Å². The smallest absolute Gasteiger partial charge is 0.123 e. The molecule has 4 heteroatoms. The molecule has 0 aliphatic rings. The molecule has 102 valence electrons. The minimum atomic E-state index is -0.180. The minimum Gasteiger partial charge on any atom is -0.271 e. The van der Waals surface area contributed by atoms with Gasteiger partial charge in [0.2, 0.25) is 0 Å². The first-order valence-electron chi connectivity index (χ1n) is 6.39. The molecule has 0 heterocycles. The molecule has 1 rings (SSSR count). The topological polar surface area (TPSA) is 38.0 Å². The van der Waals surface area contributed by atoms with Crippen LogP contribution in [0.15, 0.2) is 18.2 Å². The van der Waals surface area contributed by atoms with E-state index in [0.29, 0.717) is 5.25 Å². The van der Waals surface area contributed by atoms with E-state index in [2.05, 4.69) is 19.3 Å². The largest absolute Gasteiger partial charge is 0.271 e. The summed E-state index contributed by atoms with van der Waals surface area (Å²) in [6.07, 6.45) is 1.92. The van der Waals surface area contributed by atoms with E-state index in [1.54, 1.807) is 6.07 Å². The number of hydrazine groups is 1. The second-order valence-electron chi connectivity index (χ2n) is 4.69. The van der Waals surface area contributed by atoms with E-state index in [0.717, 1.165) is 29.7 Å². The molecular weight excluding hydrogens is 247 g/mol. The van der Waals surface area contributed by atoms with E-state index in [1.165, 1.54) is 6.07 Å². The standard InChI is InChI=1S/C14H23FN2S/c1-4-11(3)18-9-14(17-16)8-12-7-13(15)6-5-10(12)2/h5-7,11,14,17H,4,8-9,16H2,1-3H3. The van der Waals surface area contributed by atoms with Crippen LogP contribution >= 0.6 is 11.8 Å². The Bertz CT molecular complexity index is 371. The SMILES string of the molecule is CCC(C)SCC(Cc1cc(F)ccc1C)NN. The highest BCUT2D eigenvalue weighted by molar-refractivity contribution is 7.99. The second-order valence-corrected chi connectivity index (χ2v) is 6.16. The van der Waals surface area contributed by atoms with Gasteiger partial charge in [-0.15, -0.1) is 0 Å². The Morgan fingerprint density at radius 1 is 1.44 bits per heavy atom. The Kier molecular flexibility index (Phi) is 6.68. The third-order valence-electron chi connectivity index (χ3n) is 3.17. The molecule has 0 aliphatic carbocycles. The van der Waals surface area contributed by atoms with E-state index in [4.69, 9.17) is 5.84 Å². The third-order valence-corrected chi connectivity index (χ3v) is 4.67. The van der Waals surface area contributed by atoms with E-state index in [1.807, 2.05) is 24.8 Å². The Morgan fingerprint density at radius 2 is 2.17 bits per heavy atom. The molecule has 0 saturated carbocycles. The molecule has 18 heavy (non-hydrogen) atoms. The predicted molar refractivity (Wildman–Crippen MR) is 78.2 cm³/mol. The zero-order chi connectivity index (χ0) is 13.5. The van der Waals surface area contributed by atoms with Crippen molar-refractivity contribution < 1.29 is 4.39 Å². The molecule has 2 unspecified atom stereocenters. The molecule has 0 spiro atoms. The van der Waals surface area contributed by atoms with Gasteiger partial charge in [-0.3, -0.25) is 11.3 Å². The maximum Gasteiger partial charge on any atom is 0.123 e. The van der Waals surface area contributed by atoms with Gasteiger partial charge in [0.1, 0.15) is 5.82 Å². The fourth-order valence-electron chi connectivity index (χ4n) is 1.69. The zero-order valence-electron chi connectivity index (χ0n) is 11.4. The summed E-state index contributed by atoms with van der Waals surface area (Å²) < 4.78 is 13.2. The number of thioether (sulfide) groups is 1. The summed E-state index contributed by atoms with van der Waals surface area (Å²) in [5, 5.41) is 0.634. The van der Waals surface area contributed by atoms with Crippen molar-refractivity contribution in [2.24, 2.45) is 5.84 Å². The fraction of sp³-hybridized carbons (Fsp3) is 0.571. The summed E-state index contributed by atoms with van der Waals surface area (Å²) in [7, 11) is 0. The highest BCUT2D eigenvalue weighted by Crippen LogP contribution is 2.18. The molecule has 0 saturated heterocycles. The summed E-state index contributed by atoms with van der Waals surface area (Å²) in [5.41, 5.74) is 4.98. The highest BCUT2D eigenvalue weighted by Gasteiger charge is 2.12. The second kappa shape index (κ2) is 7.77. The summed E-state index contributed by atoms with van der Waals surface area (Å²) in [6, 6.07) is 5.11. The molecular formula is C14H23FN2S. The van der Waals surface area contributed by atoms with Gasteiger partial charge in [-0.2, -0.15) is 11.8 Å². The van der Waals surface area contributed by atoms with E-state index >= 15 is 0 Å². The number of hydrogen-bond donors (Lipinski definition) is 2. The van der Waals surface area contributed by atoms with Gasteiger partial charge in [0.25, 0.3) is 0 Å². The lowest BCUT2D eigenvalue weighted by atomic mass is 10.0. The first-order chi connectivity index (χ1) is 8.56. The van der Waals surface area contributed by atoms with Crippen LogP contribution in [0.25, 0.3) is 0 Å². The number of nitrogens with two attached hydrogens (primary N) is 1. The summed E-state index contributed by atoms with van der Waals surface area (Å²) in [6.45, 7) is 6.40.